The zero-order chi connectivity index (χ0) is 17.6. The molecule has 2 aromatic rings. The van der Waals surface area contributed by atoms with E-state index in [-0.39, 0.29) is 0 Å². The van der Waals surface area contributed by atoms with E-state index in [1.165, 1.54) is 0 Å². The summed E-state index contributed by atoms with van der Waals surface area (Å²) in [6, 6.07) is 10.0. The van der Waals surface area contributed by atoms with Gasteiger partial charge >= 0.3 is 6.09 Å². The smallest absolute Gasteiger partial charge is 0.407 e. The molecule has 0 saturated carbocycles. The van der Waals surface area contributed by atoms with Crippen molar-refractivity contribution in [1.82, 2.24) is 15.3 Å². The number of amides is 1. The number of carbonyl (C=O) groups is 1. The average molecular weight is 328 g/mol. The molecular weight excluding hydrogens is 304 g/mol. The van der Waals surface area contributed by atoms with Crippen LogP contribution in [0.3, 0.4) is 0 Å². The number of rotatable bonds is 5. The highest BCUT2D eigenvalue weighted by atomic mass is 16.6. The van der Waals surface area contributed by atoms with Crippen molar-refractivity contribution >= 4 is 11.9 Å². The number of aromatic nitrogens is 2. The molecular formula is C18H24N4O2. The first-order chi connectivity index (χ1) is 11.3. The van der Waals surface area contributed by atoms with Crippen molar-refractivity contribution in [2.24, 2.45) is 0 Å². The van der Waals surface area contributed by atoms with E-state index < -0.39 is 11.7 Å². The maximum Gasteiger partial charge on any atom is 0.407 e. The lowest BCUT2D eigenvalue weighted by molar-refractivity contribution is 0.0523. The fraction of sp³-hybridized carbons (Fsp3) is 0.389. The van der Waals surface area contributed by atoms with Crippen LogP contribution < -0.4 is 10.6 Å². The predicted octanol–water partition coefficient (Wildman–Crippen LogP) is 3.42. The number of hydrogen-bond donors (Lipinski definition) is 2. The van der Waals surface area contributed by atoms with E-state index in [1.54, 1.807) is 6.20 Å². The van der Waals surface area contributed by atoms with Crippen molar-refractivity contribution in [2.75, 3.05) is 5.32 Å². The first-order valence-electron chi connectivity index (χ1n) is 7.90. The van der Waals surface area contributed by atoms with Crippen LogP contribution in [0.15, 0.2) is 36.5 Å². The first kappa shape index (κ1) is 17.7. The van der Waals surface area contributed by atoms with Crippen molar-refractivity contribution in [2.45, 2.75) is 46.4 Å². The summed E-state index contributed by atoms with van der Waals surface area (Å²) < 4.78 is 5.24. The van der Waals surface area contributed by atoms with Gasteiger partial charge in [-0.25, -0.2) is 14.8 Å². The van der Waals surface area contributed by atoms with E-state index in [0.717, 1.165) is 11.1 Å². The molecule has 0 aliphatic carbocycles. The number of carbonyl (C=O) groups excluding carboxylic acids is 1. The fourth-order valence-electron chi connectivity index (χ4n) is 2.04. The van der Waals surface area contributed by atoms with Crippen molar-refractivity contribution in [3.8, 4) is 0 Å². The van der Waals surface area contributed by atoms with Gasteiger partial charge in [-0.15, -0.1) is 0 Å². The molecule has 6 heteroatoms. The summed E-state index contributed by atoms with van der Waals surface area (Å²) in [7, 11) is 0. The van der Waals surface area contributed by atoms with Crippen molar-refractivity contribution < 1.29 is 9.53 Å². The molecule has 0 aliphatic heterocycles. The number of aryl methyl sites for hydroxylation is 1. The van der Waals surface area contributed by atoms with Crippen LogP contribution >= 0.6 is 0 Å². The lowest BCUT2D eigenvalue weighted by Crippen LogP contribution is -2.32. The van der Waals surface area contributed by atoms with E-state index >= 15 is 0 Å². The van der Waals surface area contributed by atoms with Crippen LogP contribution in [-0.2, 0) is 17.8 Å². The van der Waals surface area contributed by atoms with Crippen LogP contribution in [0.2, 0.25) is 0 Å². The molecule has 0 radical (unpaired) electrons. The summed E-state index contributed by atoms with van der Waals surface area (Å²) in [6.07, 6.45) is 1.25. The highest BCUT2D eigenvalue weighted by Gasteiger charge is 2.16. The molecule has 0 bridgehead atoms. The van der Waals surface area contributed by atoms with Crippen molar-refractivity contribution in [3.63, 3.8) is 0 Å². The molecule has 1 aromatic carbocycles. The molecule has 24 heavy (non-hydrogen) atoms. The van der Waals surface area contributed by atoms with E-state index in [2.05, 4.69) is 20.6 Å². The van der Waals surface area contributed by atoms with Crippen molar-refractivity contribution in [3.05, 3.63) is 53.5 Å². The van der Waals surface area contributed by atoms with Crippen LogP contribution in [0.1, 0.15) is 37.7 Å². The highest BCUT2D eigenvalue weighted by Crippen LogP contribution is 2.14. The number of alkyl carbamates (subject to hydrolysis) is 1. The topological polar surface area (TPSA) is 76.1 Å². The lowest BCUT2D eigenvalue weighted by Gasteiger charge is -2.20. The van der Waals surface area contributed by atoms with Crippen molar-refractivity contribution in [1.29, 1.82) is 0 Å². The van der Waals surface area contributed by atoms with Gasteiger partial charge in [-0.2, -0.15) is 0 Å². The number of ether oxygens (including phenoxy) is 1. The van der Waals surface area contributed by atoms with E-state index in [0.29, 0.717) is 24.7 Å². The minimum atomic E-state index is -0.526. The van der Waals surface area contributed by atoms with Gasteiger partial charge in [0, 0.05) is 18.3 Å². The quantitative estimate of drug-likeness (QED) is 0.879. The zero-order valence-corrected chi connectivity index (χ0v) is 14.6. The molecule has 0 spiro atoms. The standard InChI is InChI=1S/C18H24N4O2/c1-13-19-11-15(12-21-17(23)24-18(2,3)4)16(22-13)20-10-14-8-6-5-7-9-14/h5-9,11H,10,12H2,1-4H3,(H,21,23)(H,19,20,22). The van der Waals surface area contributed by atoms with Crippen LogP contribution in [0, 0.1) is 6.92 Å². The summed E-state index contributed by atoms with van der Waals surface area (Å²) in [5.41, 5.74) is 1.43. The van der Waals surface area contributed by atoms with Gasteiger partial charge < -0.3 is 15.4 Å². The van der Waals surface area contributed by atoms with Gasteiger partial charge in [-0.3, -0.25) is 0 Å². The predicted molar refractivity (Wildman–Crippen MR) is 93.6 cm³/mol. The third-order valence-corrected chi connectivity index (χ3v) is 3.11. The highest BCUT2D eigenvalue weighted by molar-refractivity contribution is 5.68. The average Bonchev–Trinajstić information content (AvgIpc) is 2.51. The molecule has 1 aromatic heterocycles. The Morgan fingerprint density at radius 2 is 1.88 bits per heavy atom. The molecule has 0 fully saturated rings. The second kappa shape index (κ2) is 7.77. The minimum Gasteiger partial charge on any atom is -0.444 e. The molecule has 128 valence electrons. The van der Waals surface area contributed by atoms with Gasteiger partial charge in [0.25, 0.3) is 0 Å². The lowest BCUT2D eigenvalue weighted by atomic mass is 10.2. The summed E-state index contributed by atoms with van der Waals surface area (Å²) in [5, 5.41) is 6.03. The van der Waals surface area contributed by atoms with Gasteiger partial charge in [0.2, 0.25) is 0 Å². The molecule has 0 atom stereocenters. The summed E-state index contributed by atoms with van der Waals surface area (Å²) in [4.78, 5) is 20.4. The Morgan fingerprint density at radius 1 is 1.17 bits per heavy atom. The number of nitrogens with one attached hydrogen (secondary N) is 2. The third kappa shape index (κ3) is 5.87. The van der Waals surface area contributed by atoms with Crippen LogP contribution in [0.5, 0.6) is 0 Å². The molecule has 1 heterocycles. The summed E-state index contributed by atoms with van der Waals surface area (Å²) >= 11 is 0. The Labute approximate surface area is 142 Å². The summed E-state index contributed by atoms with van der Waals surface area (Å²) in [6.45, 7) is 8.26. The fourth-order valence-corrected chi connectivity index (χ4v) is 2.04. The van der Waals surface area contributed by atoms with Gasteiger partial charge in [0.05, 0.1) is 6.54 Å². The molecule has 1 amide bonds. The number of nitrogens with zero attached hydrogens (tertiary/aromatic N) is 2. The number of benzene rings is 1. The number of hydrogen-bond acceptors (Lipinski definition) is 5. The Balaban J connectivity index is 2.00. The van der Waals surface area contributed by atoms with Gasteiger partial charge in [-0.1, -0.05) is 30.3 Å². The minimum absolute atomic E-state index is 0.298. The van der Waals surface area contributed by atoms with Gasteiger partial charge in [-0.05, 0) is 33.3 Å². The molecule has 2 rings (SSSR count). The maximum absolute atomic E-state index is 11.8. The largest absolute Gasteiger partial charge is 0.444 e. The Kier molecular flexibility index (Phi) is 5.73. The molecule has 0 saturated heterocycles. The van der Waals surface area contributed by atoms with Crippen LogP contribution in [-0.4, -0.2) is 21.7 Å². The third-order valence-electron chi connectivity index (χ3n) is 3.11. The maximum atomic E-state index is 11.8. The van der Waals surface area contributed by atoms with Gasteiger partial charge in [0.15, 0.2) is 0 Å². The molecule has 0 aliphatic rings. The van der Waals surface area contributed by atoms with E-state index in [4.69, 9.17) is 4.74 Å². The SMILES string of the molecule is Cc1ncc(CNC(=O)OC(C)(C)C)c(NCc2ccccc2)n1. The summed E-state index contributed by atoms with van der Waals surface area (Å²) in [5.74, 6) is 1.38. The van der Waals surface area contributed by atoms with E-state index in [1.807, 2.05) is 58.0 Å². The Morgan fingerprint density at radius 3 is 2.54 bits per heavy atom. The first-order valence-corrected chi connectivity index (χ1v) is 7.90. The Hall–Kier alpha value is -2.63. The number of anilines is 1. The molecule has 0 unspecified atom stereocenters. The normalized spacial score (nSPS) is 11.0. The monoisotopic (exact) mass is 328 g/mol. The van der Waals surface area contributed by atoms with Crippen LogP contribution in [0.25, 0.3) is 0 Å². The van der Waals surface area contributed by atoms with E-state index in [9.17, 15) is 4.79 Å². The molecule has 2 N–H and O–H groups in total. The zero-order valence-electron chi connectivity index (χ0n) is 14.6. The Bertz CT molecular complexity index is 681. The van der Waals surface area contributed by atoms with Gasteiger partial charge in [0.1, 0.15) is 17.2 Å². The van der Waals surface area contributed by atoms with Crippen LogP contribution in [0.4, 0.5) is 10.6 Å². The second-order valence-corrected chi connectivity index (χ2v) is 6.49. The molecule has 6 nitrogen and oxygen atoms in total. The second-order valence-electron chi connectivity index (χ2n) is 6.49.